The second kappa shape index (κ2) is 11.4. The van der Waals surface area contributed by atoms with Crippen molar-refractivity contribution in [3.8, 4) is 0 Å². The SMILES string of the molecule is CN(C)C(=O)CN=C(NCC1CCCCO1)N1CCC(C2CCOC2)C1.I. The number of ether oxygens (including phenoxy) is 2. The van der Waals surface area contributed by atoms with Crippen LogP contribution in [0.3, 0.4) is 0 Å². The number of likely N-dealkylation sites (N-methyl/N-ethyl adjacent to an activating group) is 1. The number of nitrogens with one attached hydrogen (secondary N) is 1. The van der Waals surface area contributed by atoms with Crippen LogP contribution in [0.5, 0.6) is 0 Å². The molecule has 0 radical (unpaired) electrons. The van der Waals surface area contributed by atoms with Crippen molar-refractivity contribution in [1.29, 1.82) is 0 Å². The van der Waals surface area contributed by atoms with E-state index in [0.717, 1.165) is 58.3 Å². The first kappa shape index (κ1) is 22.7. The number of rotatable bonds is 5. The van der Waals surface area contributed by atoms with Gasteiger partial charge in [-0.3, -0.25) is 4.79 Å². The molecule has 8 heteroatoms. The Morgan fingerprint density at radius 3 is 2.70 bits per heavy atom. The summed E-state index contributed by atoms with van der Waals surface area (Å²) in [5.41, 5.74) is 0. The summed E-state index contributed by atoms with van der Waals surface area (Å²) in [4.78, 5) is 20.5. The lowest BCUT2D eigenvalue weighted by molar-refractivity contribution is -0.127. The van der Waals surface area contributed by atoms with E-state index >= 15 is 0 Å². The van der Waals surface area contributed by atoms with Crippen LogP contribution in [0.4, 0.5) is 0 Å². The number of halogens is 1. The summed E-state index contributed by atoms with van der Waals surface area (Å²) in [6, 6.07) is 0. The maximum atomic E-state index is 12.0. The lowest BCUT2D eigenvalue weighted by atomic mass is 9.91. The van der Waals surface area contributed by atoms with Crippen LogP contribution >= 0.6 is 24.0 Å². The van der Waals surface area contributed by atoms with E-state index in [2.05, 4.69) is 15.2 Å². The van der Waals surface area contributed by atoms with Gasteiger partial charge in [-0.1, -0.05) is 0 Å². The Morgan fingerprint density at radius 1 is 1.19 bits per heavy atom. The average molecular weight is 494 g/mol. The smallest absolute Gasteiger partial charge is 0.243 e. The van der Waals surface area contributed by atoms with Crippen molar-refractivity contribution in [3.63, 3.8) is 0 Å². The predicted octanol–water partition coefficient (Wildman–Crippen LogP) is 1.57. The maximum absolute atomic E-state index is 12.0. The van der Waals surface area contributed by atoms with Crippen LogP contribution in [-0.2, 0) is 14.3 Å². The minimum atomic E-state index is 0. The Balaban J connectivity index is 0.00000261. The van der Waals surface area contributed by atoms with E-state index in [4.69, 9.17) is 9.47 Å². The van der Waals surface area contributed by atoms with Crippen LogP contribution in [-0.4, -0.2) is 87.9 Å². The maximum Gasteiger partial charge on any atom is 0.243 e. The molecule has 27 heavy (non-hydrogen) atoms. The zero-order valence-electron chi connectivity index (χ0n) is 16.7. The molecule has 0 aromatic rings. The van der Waals surface area contributed by atoms with Crippen LogP contribution in [0.25, 0.3) is 0 Å². The van der Waals surface area contributed by atoms with Gasteiger partial charge in [-0.05, 0) is 43.9 Å². The molecule has 0 aromatic heterocycles. The van der Waals surface area contributed by atoms with Gasteiger partial charge in [0.2, 0.25) is 5.91 Å². The van der Waals surface area contributed by atoms with Crippen molar-refractivity contribution < 1.29 is 14.3 Å². The molecule has 3 atom stereocenters. The molecular weight excluding hydrogens is 459 g/mol. The largest absolute Gasteiger partial charge is 0.381 e. The summed E-state index contributed by atoms with van der Waals surface area (Å²) in [5, 5.41) is 3.49. The standard InChI is InChI=1S/C19H34N4O3.HI/c1-22(2)18(24)12-21-19(20-11-17-5-3-4-9-26-17)23-8-6-15(13-23)16-7-10-25-14-16;/h15-17H,3-14H2,1-2H3,(H,20,21);1H. The molecule has 0 bridgehead atoms. The molecule has 3 heterocycles. The van der Waals surface area contributed by atoms with Gasteiger partial charge in [-0.15, -0.1) is 24.0 Å². The number of likely N-dealkylation sites (tertiary alicyclic amines) is 1. The quantitative estimate of drug-likeness (QED) is 0.357. The van der Waals surface area contributed by atoms with Crippen LogP contribution in [0, 0.1) is 11.8 Å². The van der Waals surface area contributed by atoms with E-state index in [1.165, 1.54) is 19.3 Å². The first-order valence-corrected chi connectivity index (χ1v) is 10.1. The highest BCUT2D eigenvalue weighted by atomic mass is 127. The van der Waals surface area contributed by atoms with Gasteiger partial charge in [-0.2, -0.15) is 0 Å². The van der Waals surface area contributed by atoms with E-state index in [1.807, 2.05) is 0 Å². The summed E-state index contributed by atoms with van der Waals surface area (Å²) in [7, 11) is 3.54. The average Bonchev–Trinajstić information content (AvgIpc) is 3.33. The third-order valence-corrected chi connectivity index (χ3v) is 5.78. The van der Waals surface area contributed by atoms with Crippen molar-refractivity contribution >= 4 is 35.8 Å². The summed E-state index contributed by atoms with van der Waals surface area (Å²) >= 11 is 0. The predicted molar refractivity (Wildman–Crippen MR) is 117 cm³/mol. The van der Waals surface area contributed by atoms with Crippen LogP contribution < -0.4 is 5.32 Å². The second-order valence-corrected chi connectivity index (χ2v) is 7.92. The van der Waals surface area contributed by atoms with Crippen molar-refractivity contribution in [2.75, 3.05) is 60.1 Å². The molecule has 3 fully saturated rings. The normalized spacial score (nSPS) is 28.7. The number of carbonyl (C=O) groups is 1. The third kappa shape index (κ3) is 6.74. The van der Waals surface area contributed by atoms with E-state index in [9.17, 15) is 4.79 Å². The summed E-state index contributed by atoms with van der Waals surface area (Å²) < 4.78 is 11.4. The summed E-state index contributed by atoms with van der Waals surface area (Å²) in [6.45, 7) is 5.60. The molecule has 1 N–H and O–H groups in total. The van der Waals surface area contributed by atoms with Gasteiger partial charge in [0.25, 0.3) is 0 Å². The monoisotopic (exact) mass is 494 g/mol. The highest BCUT2D eigenvalue weighted by molar-refractivity contribution is 14.0. The molecular formula is C19H35IN4O3. The fourth-order valence-corrected chi connectivity index (χ4v) is 4.01. The van der Waals surface area contributed by atoms with Crippen molar-refractivity contribution in [1.82, 2.24) is 15.1 Å². The fourth-order valence-electron chi connectivity index (χ4n) is 4.01. The highest BCUT2D eigenvalue weighted by Gasteiger charge is 2.33. The molecule has 3 aliphatic heterocycles. The number of hydrogen-bond donors (Lipinski definition) is 1. The molecule has 0 aliphatic carbocycles. The van der Waals surface area contributed by atoms with Crippen LogP contribution in [0.1, 0.15) is 32.1 Å². The zero-order chi connectivity index (χ0) is 18.4. The molecule has 0 spiro atoms. The third-order valence-electron chi connectivity index (χ3n) is 5.78. The number of carbonyl (C=O) groups excluding carboxylic acids is 1. The summed E-state index contributed by atoms with van der Waals surface area (Å²) in [5.74, 6) is 2.22. The Kier molecular flexibility index (Phi) is 9.58. The molecule has 0 aromatic carbocycles. The lowest BCUT2D eigenvalue weighted by Gasteiger charge is -2.27. The molecule has 1 amide bonds. The van der Waals surface area contributed by atoms with Gasteiger partial charge in [-0.25, -0.2) is 4.99 Å². The first-order valence-electron chi connectivity index (χ1n) is 10.1. The Bertz CT molecular complexity index is 491. The minimum Gasteiger partial charge on any atom is -0.381 e. The fraction of sp³-hybridized carbons (Fsp3) is 0.895. The number of nitrogens with zero attached hydrogens (tertiary/aromatic N) is 3. The van der Waals surface area contributed by atoms with E-state index < -0.39 is 0 Å². The number of amides is 1. The van der Waals surface area contributed by atoms with Crippen molar-refractivity contribution in [2.24, 2.45) is 16.8 Å². The van der Waals surface area contributed by atoms with E-state index in [1.54, 1.807) is 19.0 Å². The molecule has 3 rings (SSSR count). The van der Waals surface area contributed by atoms with Crippen molar-refractivity contribution in [2.45, 2.75) is 38.2 Å². The Labute approximate surface area is 180 Å². The van der Waals surface area contributed by atoms with Gasteiger partial charge in [0.05, 0.1) is 6.10 Å². The van der Waals surface area contributed by atoms with Crippen LogP contribution in [0.15, 0.2) is 4.99 Å². The second-order valence-electron chi connectivity index (χ2n) is 7.92. The molecule has 0 saturated carbocycles. The molecule has 7 nitrogen and oxygen atoms in total. The number of guanidine groups is 1. The van der Waals surface area contributed by atoms with Crippen molar-refractivity contribution in [3.05, 3.63) is 0 Å². The van der Waals surface area contributed by atoms with E-state index in [0.29, 0.717) is 11.8 Å². The molecule has 3 aliphatic rings. The van der Waals surface area contributed by atoms with E-state index in [-0.39, 0.29) is 42.5 Å². The molecule has 3 saturated heterocycles. The van der Waals surface area contributed by atoms with Gasteiger partial charge < -0.3 is 24.6 Å². The van der Waals surface area contributed by atoms with Gasteiger partial charge in [0, 0.05) is 53.6 Å². The number of hydrogen-bond acceptors (Lipinski definition) is 4. The summed E-state index contributed by atoms with van der Waals surface area (Å²) in [6.07, 6.45) is 6.08. The topological polar surface area (TPSA) is 66.4 Å². The molecule has 156 valence electrons. The lowest BCUT2D eigenvalue weighted by Crippen LogP contribution is -2.45. The minimum absolute atomic E-state index is 0. The number of aliphatic imine (C=N–C) groups is 1. The Hall–Kier alpha value is -0.610. The van der Waals surface area contributed by atoms with Gasteiger partial charge in [0.1, 0.15) is 6.54 Å². The van der Waals surface area contributed by atoms with Crippen LogP contribution in [0.2, 0.25) is 0 Å². The zero-order valence-corrected chi connectivity index (χ0v) is 19.0. The van der Waals surface area contributed by atoms with Gasteiger partial charge >= 0.3 is 0 Å². The molecule has 3 unspecified atom stereocenters. The first-order chi connectivity index (χ1) is 12.6. The highest BCUT2D eigenvalue weighted by Crippen LogP contribution is 2.30. The Morgan fingerprint density at radius 2 is 2.04 bits per heavy atom. The van der Waals surface area contributed by atoms with Gasteiger partial charge in [0.15, 0.2) is 5.96 Å².